The van der Waals surface area contributed by atoms with Crippen molar-refractivity contribution in [2.24, 2.45) is 0 Å². The van der Waals surface area contributed by atoms with Crippen molar-refractivity contribution in [1.29, 1.82) is 0 Å². The normalized spacial score (nSPS) is 12.4. The third-order valence-electron chi connectivity index (χ3n) is 13.9. The Kier molecular flexibility index (Phi) is 55.1. The number of carbonyl (C=O) groups excluding carboxylic acids is 1. The zero-order chi connectivity index (χ0) is 48.0. The first-order chi connectivity index (χ1) is 32.4. The molecule has 0 aliphatic heterocycles. The molecule has 66 heavy (non-hydrogen) atoms. The number of hydrogen-bond acceptors (Lipinski definition) is 5. The molecule has 396 valence electrons. The molecule has 0 aliphatic rings. The molecule has 0 saturated carbocycles. The van der Waals surface area contributed by atoms with Gasteiger partial charge in [0, 0.05) is 13.0 Å². The lowest BCUT2D eigenvalue weighted by Crippen LogP contribution is -2.28. The van der Waals surface area contributed by atoms with Gasteiger partial charge >= 0.3 is 13.8 Å². The molecule has 0 spiro atoms. The van der Waals surface area contributed by atoms with Crippen LogP contribution >= 0.6 is 7.82 Å². The molecule has 8 heteroatoms. The van der Waals surface area contributed by atoms with Crippen LogP contribution in [0.5, 0.6) is 0 Å². The van der Waals surface area contributed by atoms with Crippen molar-refractivity contribution in [3.63, 3.8) is 0 Å². The van der Waals surface area contributed by atoms with E-state index < -0.39 is 13.9 Å². The minimum absolute atomic E-state index is 0.0876. The quantitative estimate of drug-likeness (QED) is 0.0356. The van der Waals surface area contributed by atoms with Crippen molar-refractivity contribution in [3.05, 3.63) is 0 Å². The molecule has 0 bridgehead atoms. The first-order valence-electron chi connectivity index (χ1n) is 29.9. The Balaban J connectivity index is 3.55. The number of unbranched alkanes of at least 4 members (excludes halogenated alkanes) is 48. The van der Waals surface area contributed by atoms with Gasteiger partial charge in [0.2, 0.25) is 0 Å². The van der Waals surface area contributed by atoms with Gasteiger partial charge in [-0.2, -0.15) is 0 Å². The number of esters is 1. The Morgan fingerprint density at radius 3 is 0.818 bits per heavy atom. The highest BCUT2D eigenvalue weighted by atomic mass is 31.2. The number of phosphoric acid groups is 1. The van der Waals surface area contributed by atoms with E-state index >= 15 is 0 Å². The van der Waals surface area contributed by atoms with E-state index in [-0.39, 0.29) is 19.2 Å². The second kappa shape index (κ2) is 55.5. The van der Waals surface area contributed by atoms with Crippen molar-refractivity contribution in [3.8, 4) is 0 Å². The monoisotopic (exact) mass is 957 g/mol. The van der Waals surface area contributed by atoms with Gasteiger partial charge in [0.25, 0.3) is 0 Å². The van der Waals surface area contributed by atoms with E-state index in [1.807, 2.05) is 0 Å². The lowest BCUT2D eigenvalue weighted by molar-refractivity contribution is -0.154. The summed E-state index contributed by atoms with van der Waals surface area (Å²) >= 11 is 0. The van der Waals surface area contributed by atoms with E-state index in [1.54, 1.807) is 0 Å². The summed E-state index contributed by atoms with van der Waals surface area (Å²) in [5.41, 5.74) is 0. The maximum Gasteiger partial charge on any atom is 0.469 e. The Labute approximate surface area is 412 Å². The fourth-order valence-corrected chi connectivity index (χ4v) is 9.87. The Hall–Kier alpha value is -0.460. The van der Waals surface area contributed by atoms with Crippen LogP contribution in [0.1, 0.15) is 341 Å². The summed E-state index contributed by atoms with van der Waals surface area (Å²) in [6.07, 6.45) is 67.4. The molecule has 0 rings (SSSR count). The molecule has 0 fully saturated rings. The fourth-order valence-electron chi connectivity index (χ4n) is 9.51. The standard InChI is InChI=1S/C58H117O7P/c1-3-5-7-9-11-13-15-17-19-21-23-24-25-26-27-28-29-30-31-32-33-34-35-36-37-39-41-43-45-47-49-51-53-58(59)65-57(56-64-66(60,61)62)55-63-54-52-50-48-46-44-42-40-38-22-20-18-16-14-12-10-8-6-4-2/h57H,3-56H2,1-2H3,(H2,60,61,62)/t57-/m1/s1. The van der Waals surface area contributed by atoms with Crippen molar-refractivity contribution < 1.29 is 33.1 Å². The van der Waals surface area contributed by atoms with Crippen molar-refractivity contribution in [2.45, 2.75) is 347 Å². The molecule has 0 radical (unpaired) electrons. The second-order valence-corrected chi connectivity index (χ2v) is 21.9. The zero-order valence-corrected chi connectivity index (χ0v) is 45.5. The predicted octanol–water partition coefficient (Wildman–Crippen LogP) is 20.0. The summed E-state index contributed by atoms with van der Waals surface area (Å²) in [5, 5.41) is 0. The highest BCUT2D eigenvalue weighted by molar-refractivity contribution is 7.46. The van der Waals surface area contributed by atoms with E-state index in [0.29, 0.717) is 13.0 Å². The van der Waals surface area contributed by atoms with Crippen molar-refractivity contribution >= 4 is 13.8 Å². The molecule has 0 aromatic heterocycles. The van der Waals surface area contributed by atoms with Crippen LogP contribution in [-0.2, 0) is 23.4 Å². The predicted molar refractivity (Wildman–Crippen MR) is 286 cm³/mol. The van der Waals surface area contributed by atoms with Gasteiger partial charge in [-0.15, -0.1) is 0 Å². The summed E-state index contributed by atoms with van der Waals surface area (Å²) in [6, 6.07) is 0. The number of carbonyl (C=O) groups is 1. The summed E-state index contributed by atoms with van der Waals surface area (Å²) in [6.45, 7) is 4.85. The van der Waals surface area contributed by atoms with Crippen LogP contribution in [0.3, 0.4) is 0 Å². The van der Waals surface area contributed by atoms with Crippen LogP contribution < -0.4 is 0 Å². The van der Waals surface area contributed by atoms with Gasteiger partial charge in [-0.3, -0.25) is 9.32 Å². The van der Waals surface area contributed by atoms with E-state index in [0.717, 1.165) is 32.1 Å². The van der Waals surface area contributed by atoms with Crippen molar-refractivity contribution in [1.82, 2.24) is 0 Å². The summed E-state index contributed by atoms with van der Waals surface area (Å²) in [7, 11) is -4.66. The van der Waals surface area contributed by atoms with Crippen LogP contribution in [0.2, 0.25) is 0 Å². The third-order valence-corrected chi connectivity index (χ3v) is 14.4. The van der Waals surface area contributed by atoms with Crippen LogP contribution in [0.15, 0.2) is 0 Å². The number of ether oxygens (including phenoxy) is 2. The molecule has 0 unspecified atom stereocenters. The fraction of sp³-hybridized carbons (Fsp3) is 0.983. The third kappa shape index (κ3) is 57.9. The minimum atomic E-state index is -4.66. The summed E-state index contributed by atoms with van der Waals surface area (Å²) < 4.78 is 27.2. The number of hydrogen-bond donors (Lipinski definition) is 2. The molecule has 0 amide bonds. The van der Waals surface area contributed by atoms with Crippen LogP contribution in [0.25, 0.3) is 0 Å². The van der Waals surface area contributed by atoms with Crippen LogP contribution in [0.4, 0.5) is 0 Å². The first kappa shape index (κ1) is 65.5. The van der Waals surface area contributed by atoms with E-state index in [1.165, 1.54) is 289 Å². The lowest BCUT2D eigenvalue weighted by atomic mass is 10.0. The number of rotatable bonds is 58. The zero-order valence-electron chi connectivity index (χ0n) is 44.6. The molecule has 0 heterocycles. The maximum atomic E-state index is 12.5. The second-order valence-electron chi connectivity index (χ2n) is 20.7. The van der Waals surface area contributed by atoms with Gasteiger partial charge < -0.3 is 19.3 Å². The summed E-state index contributed by atoms with van der Waals surface area (Å²) in [5.74, 6) is -0.350. The van der Waals surface area contributed by atoms with Gasteiger partial charge in [-0.25, -0.2) is 4.57 Å². The van der Waals surface area contributed by atoms with Gasteiger partial charge in [0.05, 0.1) is 13.2 Å². The Bertz CT molecular complexity index is 973. The molecule has 0 saturated heterocycles. The number of phosphoric ester groups is 1. The first-order valence-corrected chi connectivity index (χ1v) is 31.4. The molecule has 0 aliphatic carbocycles. The van der Waals surface area contributed by atoms with Crippen LogP contribution in [-0.4, -0.2) is 41.7 Å². The highest BCUT2D eigenvalue weighted by Crippen LogP contribution is 2.36. The van der Waals surface area contributed by atoms with Gasteiger partial charge in [0.15, 0.2) is 0 Å². The van der Waals surface area contributed by atoms with Gasteiger partial charge in [-0.05, 0) is 12.8 Å². The molecular weight excluding hydrogens is 840 g/mol. The molecule has 1 atom stereocenters. The van der Waals surface area contributed by atoms with Crippen molar-refractivity contribution in [2.75, 3.05) is 19.8 Å². The maximum absolute atomic E-state index is 12.5. The molecule has 0 aromatic carbocycles. The lowest BCUT2D eigenvalue weighted by Gasteiger charge is -2.18. The van der Waals surface area contributed by atoms with E-state index in [4.69, 9.17) is 9.47 Å². The molecule has 2 N–H and O–H groups in total. The average molecular weight is 958 g/mol. The van der Waals surface area contributed by atoms with Gasteiger partial charge in [0.1, 0.15) is 6.10 Å². The smallest absolute Gasteiger partial charge is 0.457 e. The van der Waals surface area contributed by atoms with E-state index in [2.05, 4.69) is 18.4 Å². The Morgan fingerprint density at radius 1 is 0.348 bits per heavy atom. The minimum Gasteiger partial charge on any atom is -0.457 e. The van der Waals surface area contributed by atoms with E-state index in [9.17, 15) is 19.1 Å². The summed E-state index contributed by atoms with van der Waals surface area (Å²) in [4.78, 5) is 30.9. The Morgan fingerprint density at radius 2 is 0.576 bits per heavy atom. The molecular formula is C58H117O7P. The van der Waals surface area contributed by atoms with Gasteiger partial charge in [-0.1, -0.05) is 322 Å². The molecule has 0 aromatic rings. The highest BCUT2D eigenvalue weighted by Gasteiger charge is 2.21. The SMILES string of the molecule is CCCCCCCCCCCCCCCCCCCCCCCCCCCCCCCCCCC(=O)O[C@H](COCCCCCCCCCCCCCCCCCCCC)COP(=O)(O)O. The average Bonchev–Trinajstić information content (AvgIpc) is 3.30. The largest absolute Gasteiger partial charge is 0.469 e. The van der Waals surface area contributed by atoms with Crippen LogP contribution in [0, 0.1) is 0 Å². The topological polar surface area (TPSA) is 102 Å². The molecule has 7 nitrogen and oxygen atoms in total.